The Bertz CT molecular complexity index is 424. The van der Waals surface area contributed by atoms with Gasteiger partial charge in [0.1, 0.15) is 30.7 Å². The highest BCUT2D eigenvalue weighted by molar-refractivity contribution is 5.09. The van der Waals surface area contributed by atoms with Gasteiger partial charge in [0.15, 0.2) is 11.6 Å². The minimum absolute atomic E-state index is 0.131. The molecule has 2 heterocycles. The number of fused-ring (bicyclic) bond motifs is 3. The van der Waals surface area contributed by atoms with Crippen LogP contribution in [0, 0.1) is 0 Å². The summed E-state index contributed by atoms with van der Waals surface area (Å²) in [4.78, 5) is 0. The zero-order valence-corrected chi connectivity index (χ0v) is 13.8. The molecule has 1 N–H and O–H groups in total. The summed E-state index contributed by atoms with van der Waals surface area (Å²) in [6, 6.07) is 0. The molecule has 1 saturated carbocycles. The van der Waals surface area contributed by atoms with Gasteiger partial charge < -0.3 is 33.5 Å². The lowest BCUT2D eigenvalue weighted by Gasteiger charge is -2.53. The predicted octanol–water partition coefficient (Wildman–Crippen LogP) is 0.782. The number of methoxy groups -OCH3 is 1. The molecule has 0 aromatic carbocycles. The first kappa shape index (κ1) is 16.6. The molecule has 3 rings (SSSR count). The lowest BCUT2D eigenvalue weighted by Crippen LogP contribution is -2.69. The van der Waals surface area contributed by atoms with Gasteiger partial charge in [-0.1, -0.05) is 0 Å². The van der Waals surface area contributed by atoms with E-state index in [0.29, 0.717) is 6.42 Å². The Morgan fingerprint density at radius 2 is 1.73 bits per heavy atom. The maximum absolute atomic E-state index is 11.0. The first-order valence-electron chi connectivity index (χ1n) is 7.66. The van der Waals surface area contributed by atoms with Gasteiger partial charge in [0.05, 0.1) is 12.7 Å². The van der Waals surface area contributed by atoms with Crippen molar-refractivity contribution in [2.75, 3.05) is 20.5 Å². The smallest absolute Gasteiger partial charge is 0.164 e. The van der Waals surface area contributed by atoms with Crippen molar-refractivity contribution in [2.24, 2.45) is 0 Å². The van der Waals surface area contributed by atoms with Gasteiger partial charge in [-0.2, -0.15) is 0 Å². The van der Waals surface area contributed by atoms with Crippen LogP contribution in [-0.4, -0.2) is 67.2 Å². The molecule has 0 bridgehead atoms. The van der Waals surface area contributed by atoms with E-state index in [1.165, 1.54) is 0 Å². The fourth-order valence-electron chi connectivity index (χ4n) is 3.49. The molecule has 0 radical (unpaired) electrons. The van der Waals surface area contributed by atoms with E-state index < -0.39 is 29.4 Å². The third-order valence-electron chi connectivity index (χ3n) is 4.39. The standard InChI is InChI=1S/C15H26O7/c1-13(2)19-7-15(16)6-9(18-8-17-5)10-11(12(15)22-13)21-14(3,4)20-10/h9-12,16H,6-8H2,1-5H3/t9-,10+,11+,12-,15-/m1/s1. The molecule has 7 heteroatoms. The van der Waals surface area contributed by atoms with Crippen molar-refractivity contribution in [2.45, 2.75) is 75.7 Å². The van der Waals surface area contributed by atoms with Crippen molar-refractivity contribution in [3.63, 3.8) is 0 Å². The molecule has 0 aromatic rings. The molecular formula is C15H26O7. The number of hydrogen-bond donors (Lipinski definition) is 1. The van der Waals surface area contributed by atoms with Gasteiger partial charge in [0.25, 0.3) is 0 Å². The third kappa shape index (κ3) is 2.91. The highest BCUT2D eigenvalue weighted by Gasteiger charge is 2.63. The maximum Gasteiger partial charge on any atom is 0.164 e. The Balaban J connectivity index is 1.87. The average molecular weight is 318 g/mol. The first-order valence-corrected chi connectivity index (χ1v) is 7.66. The third-order valence-corrected chi connectivity index (χ3v) is 4.39. The van der Waals surface area contributed by atoms with Gasteiger partial charge in [0, 0.05) is 13.5 Å². The van der Waals surface area contributed by atoms with Crippen LogP contribution in [0.25, 0.3) is 0 Å². The summed E-state index contributed by atoms with van der Waals surface area (Å²) in [5, 5.41) is 11.0. The second-order valence-electron chi connectivity index (χ2n) is 7.21. The molecule has 0 aromatic heterocycles. The van der Waals surface area contributed by atoms with E-state index >= 15 is 0 Å². The van der Waals surface area contributed by atoms with Crippen molar-refractivity contribution in [1.82, 2.24) is 0 Å². The summed E-state index contributed by atoms with van der Waals surface area (Å²) < 4.78 is 34.3. The van der Waals surface area contributed by atoms with Gasteiger partial charge in [-0.05, 0) is 27.7 Å². The van der Waals surface area contributed by atoms with Gasteiger partial charge in [-0.15, -0.1) is 0 Å². The molecule has 2 saturated heterocycles. The van der Waals surface area contributed by atoms with Gasteiger partial charge in [0.2, 0.25) is 0 Å². The minimum atomic E-state index is -1.17. The van der Waals surface area contributed by atoms with Crippen LogP contribution in [0.2, 0.25) is 0 Å². The van der Waals surface area contributed by atoms with E-state index in [-0.39, 0.29) is 25.6 Å². The topological polar surface area (TPSA) is 75.6 Å². The van der Waals surface area contributed by atoms with Gasteiger partial charge >= 0.3 is 0 Å². The van der Waals surface area contributed by atoms with Crippen LogP contribution in [0.3, 0.4) is 0 Å². The highest BCUT2D eigenvalue weighted by Crippen LogP contribution is 2.46. The predicted molar refractivity (Wildman–Crippen MR) is 75.0 cm³/mol. The largest absolute Gasteiger partial charge is 0.385 e. The molecular weight excluding hydrogens is 292 g/mol. The molecule has 7 nitrogen and oxygen atoms in total. The van der Waals surface area contributed by atoms with Crippen molar-refractivity contribution in [1.29, 1.82) is 0 Å². The Hall–Kier alpha value is -0.280. The molecule has 0 unspecified atom stereocenters. The summed E-state index contributed by atoms with van der Waals surface area (Å²) in [5.74, 6) is -1.52. The quantitative estimate of drug-likeness (QED) is 0.771. The maximum atomic E-state index is 11.0. The number of hydrogen-bond acceptors (Lipinski definition) is 7. The molecule has 5 atom stereocenters. The fraction of sp³-hybridized carbons (Fsp3) is 1.00. The lowest BCUT2D eigenvalue weighted by molar-refractivity contribution is -0.366. The molecule has 3 aliphatic rings. The summed E-state index contributed by atoms with van der Waals surface area (Å²) in [6.07, 6.45) is -1.26. The van der Waals surface area contributed by atoms with Crippen molar-refractivity contribution < 1.29 is 33.5 Å². The first-order chi connectivity index (χ1) is 10.2. The second-order valence-corrected chi connectivity index (χ2v) is 7.21. The number of rotatable bonds is 3. The van der Waals surface area contributed by atoms with Gasteiger partial charge in [-0.25, -0.2) is 0 Å². The minimum Gasteiger partial charge on any atom is -0.385 e. The normalized spacial score (nSPS) is 46.1. The van der Waals surface area contributed by atoms with Crippen molar-refractivity contribution in [3.8, 4) is 0 Å². The van der Waals surface area contributed by atoms with E-state index in [9.17, 15) is 5.11 Å². The zero-order valence-electron chi connectivity index (χ0n) is 13.8. The average Bonchev–Trinajstić information content (AvgIpc) is 2.73. The second kappa shape index (κ2) is 5.37. The van der Waals surface area contributed by atoms with E-state index in [1.54, 1.807) is 7.11 Å². The monoisotopic (exact) mass is 318 g/mol. The van der Waals surface area contributed by atoms with Gasteiger partial charge in [-0.3, -0.25) is 0 Å². The highest BCUT2D eigenvalue weighted by atomic mass is 16.8. The Morgan fingerprint density at radius 1 is 1.05 bits per heavy atom. The van der Waals surface area contributed by atoms with Crippen LogP contribution in [0.1, 0.15) is 34.1 Å². The van der Waals surface area contributed by atoms with E-state index in [2.05, 4.69) is 0 Å². The van der Waals surface area contributed by atoms with Crippen LogP contribution in [0.4, 0.5) is 0 Å². The molecule has 0 amide bonds. The molecule has 128 valence electrons. The number of ether oxygens (including phenoxy) is 6. The van der Waals surface area contributed by atoms with E-state index in [0.717, 1.165) is 0 Å². The van der Waals surface area contributed by atoms with Crippen LogP contribution in [0.15, 0.2) is 0 Å². The lowest BCUT2D eigenvalue weighted by atomic mass is 9.76. The van der Waals surface area contributed by atoms with Crippen LogP contribution in [0.5, 0.6) is 0 Å². The summed E-state index contributed by atoms with van der Waals surface area (Å²) in [7, 11) is 1.56. The van der Waals surface area contributed by atoms with Crippen molar-refractivity contribution in [3.05, 3.63) is 0 Å². The van der Waals surface area contributed by atoms with E-state index in [1.807, 2.05) is 27.7 Å². The summed E-state index contributed by atoms with van der Waals surface area (Å²) in [6.45, 7) is 7.66. The SMILES string of the molecule is COCO[C@@H]1C[C@@]2(O)COC(C)(C)O[C@@H]2[C@H]2OC(C)(C)O[C@H]21. The van der Waals surface area contributed by atoms with Crippen molar-refractivity contribution >= 4 is 0 Å². The fourth-order valence-corrected chi connectivity index (χ4v) is 3.49. The molecule has 22 heavy (non-hydrogen) atoms. The van der Waals surface area contributed by atoms with Crippen LogP contribution in [-0.2, 0) is 28.4 Å². The Kier molecular flexibility index (Phi) is 4.05. The van der Waals surface area contributed by atoms with Crippen LogP contribution >= 0.6 is 0 Å². The number of aliphatic hydroxyl groups is 1. The zero-order chi connectivity index (χ0) is 16.2. The van der Waals surface area contributed by atoms with E-state index in [4.69, 9.17) is 28.4 Å². The summed E-state index contributed by atoms with van der Waals surface area (Å²) in [5.41, 5.74) is -1.17. The molecule has 1 aliphatic carbocycles. The molecule has 0 spiro atoms. The van der Waals surface area contributed by atoms with Crippen LogP contribution < -0.4 is 0 Å². The molecule has 2 aliphatic heterocycles. The Labute approximate surface area is 130 Å². The molecule has 3 fully saturated rings. The Morgan fingerprint density at radius 3 is 2.41 bits per heavy atom. The summed E-state index contributed by atoms with van der Waals surface area (Å²) >= 11 is 0.